The lowest BCUT2D eigenvalue weighted by molar-refractivity contribution is 0.476. The van der Waals surface area contributed by atoms with Gasteiger partial charge in [0, 0.05) is 22.9 Å². The smallest absolute Gasteiger partial charge is 0.116 e. The molecular formula is C15H18N2O. The van der Waals surface area contributed by atoms with Crippen LogP contribution >= 0.6 is 0 Å². The zero-order chi connectivity index (χ0) is 12.9. The Bertz CT molecular complexity index is 644. The number of aromatic hydroxyl groups is 1. The first-order valence-electron chi connectivity index (χ1n) is 6.36. The Morgan fingerprint density at radius 2 is 2.06 bits per heavy atom. The zero-order valence-corrected chi connectivity index (χ0v) is 11.0. The second kappa shape index (κ2) is 3.61. The van der Waals surface area contributed by atoms with Gasteiger partial charge in [0.1, 0.15) is 5.75 Å². The number of rotatable bonds is 0. The lowest BCUT2D eigenvalue weighted by atomic mass is 9.84. The maximum atomic E-state index is 9.63. The summed E-state index contributed by atoms with van der Waals surface area (Å²) >= 11 is 0. The normalized spacial score (nSPS) is 15.6. The molecule has 2 N–H and O–H groups in total. The molecule has 94 valence electrons. The number of aromatic nitrogens is 1. The van der Waals surface area contributed by atoms with Gasteiger partial charge in [0.15, 0.2) is 0 Å². The third-order valence-electron chi connectivity index (χ3n) is 3.47. The van der Waals surface area contributed by atoms with Crippen LogP contribution < -0.4 is 0 Å². The van der Waals surface area contributed by atoms with Crippen LogP contribution in [0.5, 0.6) is 5.75 Å². The minimum atomic E-state index is 0.0398. The predicted molar refractivity (Wildman–Crippen MR) is 74.5 cm³/mol. The van der Waals surface area contributed by atoms with Gasteiger partial charge in [-0.1, -0.05) is 20.8 Å². The fourth-order valence-corrected chi connectivity index (χ4v) is 2.67. The molecule has 2 aromatic rings. The van der Waals surface area contributed by atoms with Crippen LogP contribution in [0.1, 0.15) is 32.0 Å². The van der Waals surface area contributed by atoms with E-state index in [0.717, 1.165) is 35.3 Å². The molecule has 3 rings (SSSR count). The number of hydrogen-bond donors (Lipinski definition) is 2. The largest absolute Gasteiger partial charge is 0.508 e. The highest BCUT2D eigenvalue weighted by molar-refractivity contribution is 6.08. The summed E-state index contributed by atoms with van der Waals surface area (Å²) in [4.78, 5) is 8.14. The summed E-state index contributed by atoms with van der Waals surface area (Å²) < 4.78 is 0. The number of phenols is 1. The molecule has 0 spiro atoms. The lowest BCUT2D eigenvalue weighted by Gasteiger charge is -2.24. The Kier molecular flexibility index (Phi) is 2.27. The molecule has 0 bridgehead atoms. The molecule has 0 saturated heterocycles. The van der Waals surface area contributed by atoms with E-state index in [9.17, 15) is 5.11 Å². The number of aliphatic imine (C=N–C) groups is 1. The van der Waals surface area contributed by atoms with Crippen LogP contribution in [-0.2, 0) is 6.42 Å². The van der Waals surface area contributed by atoms with Crippen molar-refractivity contribution in [1.29, 1.82) is 0 Å². The van der Waals surface area contributed by atoms with Gasteiger partial charge in [-0.15, -0.1) is 0 Å². The van der Waals surface area contributed by atoms with Gasteiger partial charge >= 0.3 is 0 Å². The van der Waals surface area contributed by atoms with Crippen molar-refractivity contribution in [2.45, 2.75) is 27.2 Å². The fraction of sp³-hybridized carbons (Fsp3) is 0.400. The van der Waals surface area contributed by atoms with Crippen molar-refractivity contribution in [3.05, 3.63) is 29.5 Å². The molecule has 0 radical (unpaired) electrons. The highest BCUT2D eigenvalue weighted by Gasteiger charge is 2.27. The summed E-state index contributed by atoms with van der Waals surface area (Å²) in [5.41, 5.74) is 4.70. The highest BCUT2D eigenvalue weighted by atomic mass is 16.3. The minimum Gasteiger partial charge on any atom is -0.508 e. The van der Waals surface area contributed by atoms with Crippen LogP contribution in [0.2, 0.25) is 0 Å². The van der Waals surface area contributed by atoms with Crippen molar-refractivity contribution in [1.82, 2.24) is 4.98 Å². The van der Waals surface area contributed by atoms with E-state index in [1.807, 2.05) is 12.1 Å². The van der Waals surface area contributed by atoms with Gasteiger partial charge in [-0.05, 0) is 30.2 Å². The lowest BCUT2D eigenvalue weighted by Crippen LogP contribution is -2.26. The summed E-state index contributed by atoms with van der Waals surface area (Å²) in [6.45, 7) is 7.39. The summed E-state index contributed by atoms with van der Waals surface area (Å²) in [6, 6.07) is 5.50. The van der Waals surface area contributed by atoms with Crippen LogP contribution in [-0.4, -0.2) is 22.3 Å². The Morgan fingerprint density at radius 1 is 1.28 bits per heavy atom. The molecular weight excluding hydrogens is 224 g/mol. The summed E-state index contributed by atoms with van der Waals surface area (Å²) in [6.07, 6.45) is 0.943. The number of phenolic OH excluding ortho intramolecular Hbond substituents is 1. The van der Waals surface area contributed by atoms with Gasteiger partial charge in [-0.25, -0.2) is 0 Å². The molecule has 3 nitrogen and oxygen atoms in total. The van der Waals surface area contributed by atoms with Gasteiger partial charge in [-0.2, -0.15) is 0 Å². The number of nitrogens with one attached hydrogen (secondary N) is 1. The first-order chi connectivity index (χ1) is 8.47. The number of nitrogens with zero attached hydrogens (tertiary/aromatic N) is 1. The Morgan fingerprint density at radius 3 is 2.78 bits per heavy atom. The maximum Gasteiger partial charge on any atom is 0.116 e. The molecule has 0 aliphatic carbocycles. The van der Waals surface area contributed by atoms with Gasteiger partial charge in [0.05, 0.1) is 11.4 Å². The second-order valence-corrected chi connectivity index (χ2v) is 5.94. The average molecular weight is 242 g/mol. The molecule has 18 heavy (non-hydrogen) atoms. The number of benzene rings is 1. The maximum absolute atomic E-state index is 9.63. The Labute approximate surface area is 107 Å². The number of H-pyrrole nitrogens is 1. The molecule has 0 amide bonds. The van der Waals surface area contributed by atoms with E-state index in [2.05, 4.69) is 30.7 Å². The second-order valence-electron chi connectivity index (χ2n) is 5.94. The van der Waals surface area contributed by atoms with Crippen molar-refractivity contribution in [3.8, 4) is 5.75 Å². The van der Waals surface area contributed by atoms with Gasteiger partial charge in [-0.3, -0.25) is 4.99 Å². The van der Waals surface area contributed by atoms with Crippen LogP contribution in [0.15, 0.2) is 23.2 Å². The van der Waals surface area contributed by atoms with Crippen LogP contribution in [0.25, 0.3) is 10.9 Å². The van der Waals surface area contributed by atoms with Gasteiger partial charge in [0.25, 0.3) is 0 Å². The van der Waals surface area contributed by atoms with Crippen LogP contribution in [0, 0.1) is 5.41 Å². The monoisotopic (exact) mass is 242 g/mol. The van der Waals surface area contributed by atoms with Gasteiger partial charge < -0.3 is 10.1 Å². The SMILES string of the molecule is CC(C)(C)C1=NCCc2c1[nH]c1ccc(O)cc21. The molecule has 1 aromatic heterocycles. The van der Waals surface area contributed by atoms with Crippen molar-refractivity contribution in [2.24, 2.45) is 10.4 Å². The standard InChI is InChI=1S/C15H18N2O/c1-15(2,3)14-13-10(6-7-16-14)11-8-9(18)4-5-12(11)17-13/h4-5,8,17-18H,6-7H2,1-3H3. The third kappa shape index (κ3) is 1.62. The van der Waals surface area contributed by atoms with Crippen molar-refractivity contribution >= 4 is 16.6 Å². The van der Waals surface area contributed by atoms with E-state index in [-0.39, 0.29) is 5.41 Å². The first kappa shape index (κ1) is 11.3. The summed E-state index contributed by atoms with van der Waals surface area (Å²) in [5.74, 6) is 0.323. The molecule has 3 heteroatoms. The average Bonchev–Trinajstić information content (AvgIpc) is 2.65. The minimum absolute atomic E-state index is 0.0398. The molecule has 1 aromatic carbocycles. The summed E-state index contributed by atoms with van der Waals surface area (Å²) in [5, 5.41) is 10.8. The Balaban J connectivity index is 2.27. The van der Waals surface area contributed by atoms with Crippen LogP contribution in [0.3, 0.4) is 0 Å². The van der Waals surface area contributed by atoms with Crippen molar-refractivity contribution < 1.29 is 5.11 Å². The number of aromatic amines is 1. The van der Waals surface area contributed by atoms with E-state index in [1.54, 1.807) is 6.07 Å². The third-order valence-corrected chi connectivity index (χ3v) is 3.47. The van der Waals surface area contributed by atoms with Gasteiger partial charge in [0.2, 0.25) is 0 Å². The Hall–Kier alpha value is -1.77. The van der Waals surface area contributed by atoms with E-state index < -0.39 is 0 Å². The molecule has 2 heterocycles. The molecule has 0 saturated carbocycles. The number of fused-ring (bicyclic) bond motifs is 3. The topological polar surface area (TPSA) is 48.4 Å². The summed E-state index contributed by atoms with van der Waals surface area (Å²) in [7, 11) is 0. The van der Waals surface area contributed by atoms with E-state index >= 15 is 0 Å². The predicted octanol–water partition coefficient (Wildman–Crippen LogP) is 3.26. The van der Waals surface area contributed by atoms with E-state index in [1.165, 1.54) is 5.56 Å². The quantitative estimate of drug-likeness (QED) is 0.732. The van der Waals surface area contributed by atoms with E-state index in [0.29, 0.717) is 5.75 Å². The fourth-order valence-electron chi connectivity index (χ4n) is 2.67. The molecule has 1 aliphatic rings. The van der Waals surface area contributed by atoms with Crippen LogP contribution in [0.4, 0.5) is 0 Å². The first-order valence-corrected chi connectivity index (χ1v) is 6.36. The van der Waals surface area contributed by atoms with Crippen molar-refractivity contribution in [3.63, 3.8) is 0 Å². The number of hydrogen-bond acceptors (Lipinski definition) is 2. The zero-order valence-electron chi connectivity index (χ0n) is 11.0. The molecule has 1 aliphatic heterocycles. The molecule has 0 unspecified atom stereocenters. The molecule has 0 atom stereocenters. The highest BCUT2D eigenvalue weighted by Crippen LogP contribution is 2.33. The molecule has 0 fully saturated rings. The van der Waals surface area contributed by atoms with Crippen molar-refractivity contribution in [2.75, 3.05) is 6.54 Å². The van der Waals surface area contributed by atoms with E-state index in [4.69, 9.17) is 0 Å².